The molecule has 0 saturated heterocycles. The van der Waals surface area contributed by atoms with Crippen LogP contribution in [0.15, 0.2) is 9.98 Å². The summed E-state index contributed by atoms with van der Waals surface area (Å²) in [6, 6.07) is -6.09. The summed E-state index contributed by atoms with van der Waals surface area (Å²) in [4.78, 5) is 105. The Morgan fingerprint density at radius 3 is 1.96 bits per heavy atom. The number of amides is 6. The van der Waals surface area contributed by atoms with Crippen LogP contribution in [-0.4, -0.2) is 138 Å². The van der Waals surface area contributed by atoms with Gasteiger partial charge in [0.1, 0.15) is 24.2 Å². The largest absolute Gasteiger partial charge is 0.469 e. The van der Waals surface area contributed by atoms with Gasteiger partial charge in [0.05, 0.1) is 25.0 Å². The molecule has 5 unspecified atom stereocenters. The first-order valence-corrected chi connectivity index (χ1v) is 17.5. The lowest BCUT2D eigenvalue weighted by molar-refractivity contribution is -0.137. The van der Waals surface area contributed by atoms with Gasteiger partial charge in [0, 0.05) is 40.2 Å². The second-order valence-corrected chi connectivity index (χ2v) is 13.0. The molecule has 0 aliphatic heterocycles. The van der Waals surface area contributed by atoms with Crippen molar-refractivity contribution in [2.45, 2.75) is 90.1 Å². The number of unbranched alkanes of at least 4 members (excludes halogenated alkanes) is 2. The monoisotopic (exact) mass is 735 g/mol. The normalized spacial score (nSPS) is 15.1. The molecule has 0 aliphatic carbocycles. The van der Waals surface area contributed by atoms with Crippen LogP contribution in [0.25, 0.3) is 0 Å². The van der Waals surface area contributed by atoms with E-state index in [1.54, 1.807) is 0 Å². The molecule has 0 spiro atoms. The van der Waals surface area contributed by atoms with Gasteiger partial charge in [0.25, 0.3) is 0 Å². The fraction of sp³-hybridized carbons (Fsp3) is 0.724. The van der Waals surface area contributed by atoms with Gasteiger partial charge in [-0.3, -0.25) is 43.3 Å². The highest BCUT2D eigenvalue weighted by Crippen LogP contribution is 2.38. The molecule has 6 amide bonds. The lowest BCUT2D eigenvalue weighted by Crippen LogP contribution is -2.60. The molecule has 0 aromatic carbocycles. The number of hydrogen-bond acceptors (Lipinski definition) is 12. The first kappa shape index (κ1) is 46.2. The Morgan fingerprint density at radius 1 is 0.900 bits per heavy atom. The van der Waals surface area contributed by atoms with E-state index in [9.17, 15) is 38.4 Å². The minimum Gasteiger partial charge on any atom is -0.394 e. The molecule has 0 bridgehead atoms. The number of carbonyl (C=O) groups excluding carboxylic acids is 6. The van der Waals surface area contributed by atoms with E-state index in [0.29, 0.717) is 19.5 Å². The minimum absolute atomic E-state index is 0.101. The van der Waals surface area contributed by atoms with E-state index in [-0.39, 0.29) is 36.9 Å². The summed E-state index contributed by atoms with van der Waals surface area (Å²) in [5.41, 5.74) is 11.0. The fourth-order valence-corrected chi connectivity index (χ4v) is 5.10. The average Bonchev–Trinajstić information content (AvgIpc) is 3.01. The molecule has 0 aliphatic rings. The number of aliphatic hydroxyl groups is 1. The Morgan fingerprint density at radius 2 is 1.48 bits per heavy atom. The fourth-order valence-electron chi connectivity index (χ4n) is 4.55. The predicted octanol–water partition coefficient (Wildman–Crippen LogP) is -2.91. The second-order valence-electron chi connectivity index (χ2n) is 11.8. The number of nitrogens with two attached hydrogens (primary N) is 2. The number of aliphatic imine (C=N–C) groups is 2. The molecule has 286 valence electrons. The molecule has 0 radical (unpaired) electrons. The molecule has 5 atom stereocenters. The number of carbonyl (C=O) groups is 6. The summed E-state index contributed by atoms with van der Waals surface area (Å²) in [5, 5.41) is 19.4. The van der Waals surface area contributed by atoms with E-state index < -0.39 is 74.2 Å². The zero-order valence-corrected chi connectivity index (χ0v) is 30.4. The number of rotatable bonds is 24. The molecule has 50 heavy (non-hydrogen) atoms. The number of primary amides is 1. The van der Waals surface area contributed by atoms with Crippen LogP contribution in [0.2, 0.25) is 0 Å². The SMILES string of the molecule is CN=CC(CC(NC(=O)C(CC(C)C)NC(=O)CN(CCCCCN)C(C)=O)C(=O)NC(CO)C(=O)NC(C(N)=O)C(C)OP(=O)(O)O)=NC. The van der Waals surface area contributed by atoms with Gasteiger partial charge in [0.2, 0.25) is 35.4 Å². The van der Waals surface area contributed by atoms with Crippen molar-refractivity contribution in [3.05, 3.63) is 0 Å². The van der Waals surface area contributed by atoms with Crippen molar-refractivity contribution in [2.75, 3.05) is 40.3 Å². The van der Waals surface area contributed by atoms with Gasteiger partial charge < -0.3 is 52.5 Å². The molecular weight excluding hydrogens is 681 g/mol. The van der Waals surface area contributed by atoms with E-state index in [4.69, 9.17) is 21.3 Å². The summed E-state index contributed by atoms with van der Waals surface area (Å²) in [7, 11) is -2.22. The van der Waals surface area contributed by atoms with E-state index in [1.807, 2.05) is 13.8 Å². The highest BCUT2D eigenvalue weighted by molar-refractivity contribution is 7.46. The number of hydrogen-bond donors (Lipinski definition) is 9. The molecule has 0 aromatic rings. The van der Waals surface area contributed by atoms with Gasteiger partial charge in [-0.2, -0.15) is 0 Å². The predicted molar refractivity (Wildman–Crippen MR) is 184 cm³/mol. The van der Waals surface area contributed by atoms with Crippen molar-refractivity contribution >= 4 is 55.2 Å². The Balaban J connectivity index is 6.12. The Bertz CT molecular complexity index is 1260. The van der Waals surface area contributed by atoms with Crippen LogP contribution in [0.3, 0.4) is 0 Å². The first-order valence-electron chi connectivity index (χ1n) is 16.0. The maximum Gasteiger partial charge on any atom is 0.469 e. The third-order valence-electron chi connectivity index (χ3n) is 7.08. The lowest BCUT2D eigenvalue weighted by atomic mass is 10.0. The maximum absolute atomic E-state index is 13.6. The molecule has 0 saturated carbocycles. The molecule has 0 heterocycles. The van der Waals surface area contributed by atoms with Crippen molar-refractivity contribution < 1.29 is 52.7 Å². The number of aliphatic hydroxyl groups excluding tert-OH is 1. The van der Waals surface area contributed by atoms with Crippen LogP contribution < -0.4 is 32.7 Å². The van der Waals surface area contributed by atoms with Crippen molar-refractivity contribution in [2.24, 2.45) is 27.4 Å². The lowest BCUT2D eigenvalue weighted by Gasteiger charge is -2.27. The van der Waals surface area contributed by atoms with Gasteiger partial charge in [-0.15, -0.1) is 0 Å². The van der Waals surface area contributed by atoms with Crippen LogP contribution in [0.1, 0.15) is 59.8 Å². The molecule has 20 nitrogen and oxygen atoms in total. The summed E-state index contributed by atoms with van der Waals surface area (Å²) >= 11 is 0. The van der Waals surface area contributed by atoms with Gasteiger partial charge in [0.15, 0.2) is 0 Å². The third-order valence-corrected chi connectivity index (χ3v) is 7.68. The second kappa shape index (κ2) is 23.6. The van der Waals surface area contributed by atoms with Crippen LogP contribution in [0.4, 0.5) is 0 Å². The zero-order valence-electron chi connectivity index (χ0n) is 29.5. The van der Waals surface area contributed by atoms with Crippen molar-refractivity contribution in [3.8, 4) is 0 Å². The van der Waals surface area contributed by atoms with Gasteiger partial charge >= 0.3 is 7.82 Å². The summed E-state index contributed by atoms with van der Waals surface area (Å²) in [6.45, 7) is 5.52. The van der Waals surface area contributed by atoms with Crippen LogP contribution in [0.5, 0.6) is 0 Å². The number of phosphoric acid groups is 1. The highest BCUT2D eigenvalue weighted by atomic mass is 31.2. The van der Waals surface area contributed by atoms with Crippen LogP contribution >= 0.6 is 7.82 Å². The van der Waals surface area contributed by atoms with Gasteiger partial charge in [-0.1, -0.05) is 20.3 Å². The quantitative estimate of drug-likeness (QED) is 0.0274. The molecule has 0 fully saturated rings. The van der Waals surface area contributed by atoms with Crippen molar-refractivity contribution in [1.82, 2.24) is 26.2 Å². The van der Waals surface area contributed by atoms with Gasteiger partial charge in [-0.25, -0.2) is 4.57 Å². The standard InChI is InChI=1S/C29H54N9O11P/c1-17(2)12-21(34-24(41)15-38(19(4)40)11-9-7-8-10-30)27(43)35-22(13-20(33-6)14-32-5)28(44)36-23(16-39)29(45)37-25(26(31)42)18(3)49-50(46,47)48/h14,17-18,21-23,25,39H,7-13,15-16,30H2,1-6H3,(H2,31,42)(H,34,41)(H,35,43)(H,36,44)(H,37,45)(H2,46,47,48). The number of nitrogens with one attached hydrogen (secondary N) is 4. The molecule has 0 rings (SSSR count). The maximum atomic E-state index is 13.6. The van der Waals surface area contributed by atoms with Crippen molar-refractivity contribution in [3.63, 3.8) is 0 Å². The van der Waals surface area contributed by atoms with Gasteiger partial charge in [-0.05, 0) is 38.6 Å². The van der Waals surface area contributed by atoms with E-state index in [2.05, 4.69) is 35.8 Å². The van der Waals surface area contributed by atoms with E-state index in [1.165, 1.54) is 32.1 Å². The molecule has 0 aromatic heterocycles. The van der Waals surface area contributed by atoms with Crippen LogP contribution in [0, 0.1) is 5.92 Å². The summed E-state index contributed by atoms with van der Waals surface area (Å²) in [6.07, 6.45) is 1.80. The number of nitrogens with zero attached hydrogens (tertiary/aromatic N) is 3. The Labute approximate surface area is 291 Å². The third kappa shape index (κ3) is 18.8. The van der Waals surface area contributed by atoms with Crippen LogP contribution in [-0.2, 0) is 37.9 Å². The van der Waals surface area contributed by atoms with Crippen molar-refractivity contribution in [1.29, 1.82) is 0 Å². The summed E-state index contributed by atoms with van der Waals surface area (Å²) < 4.78 is 15.7. The molecular formula is C29H54N9O11P. The topological polar surface area (TPSA) is 318 Å². The Hall–Kier alpha value is -3.81. The number of phosphoric ester groups is 1. The average molecular weight is 736 g/mol. The Kier molecular flexibility index (Phi) is 21.8. The smallest absolute Gasteiger partial charge is 0.394 e. The highest BCUT2D eigenvalue weighted by Gasteiger charge is 2.35. The van der Waals surface area contributed by atoms with E-state index >= 15 is 0 Å². The first-order chi connectivity index (χ1) is 23.3. The van der Waals surface area contributed by atoms with E-state index in [0.717, 1.165) is 19.8 Å². The molecule has 21 heteroatoms. The zero-order chi connectivity index (χ0) is 38.6. The minimum atomic E-state index is -5.09. The molecule has 11 N–H and O–H groups in total. The summed E-state index contributed by atoms with van der Waals surface area (Å²) in [5.74, 6) is -5.18.